The van der Waals surface area contributed by atoms with Crippen LogP contribution < -0.4 is 11.1 Å². The summed E-state index contributed by atoms with van der Waals surface area (Å²) in [6.07, 6.45) is -4.32. The second kappa shape index (κ2) is 7.62. The van der Waals surface area contributed by atoms with E-state index in [1.807, 2.05) is 30.3 Å². The summed E-state index contributed by atoms with van der Waals surface area (Å²) >= 11 is 0. The van der Waals surface area contributed by atoms with Gasteiger partial charge in [-0.05, 0) is 24.1 Å². The van der Waals surface area contributed by atoms with E-state index >= 15 is 0 Å². The summed E-state index contributed by atoms with van der Waals surface area (Å²) in [6, 6.07) is 14.7. The Labute approximate surface area is 134 Å². The highest BCUT2D eigenvalue weighted by molar-refractivity contribution is 5.26. The van der Waals surface area contributed by atoms with Crippen molar-refractivity contribution in [3.63, 3.8) is 0 Å². The summed E-state index contributed by atoms with van der Waals surface area (Å²) in [5.74, 6) is 0.00185. The number of benzene rings is 2. The summed E-state index contributed by atoms with van der Waals surface area (Å²) in [5, 5.41) is 3.17. The topological polar surface area (TPSA) is 38.0 Å². The molecule has 23 heavy (non-hydrogen) atoms. The minimum absolute atomic E-state index is 0.00185. The van der Waals surface area contributed by atoms with Crippen LogP contribution in [0.4, 0.5) is 13.2 Å². The predicted octanol–water partition coefficient (Wildman–Crippen LogP) is 3.74. The molecule has 123 valence electrons. The van der Waals surface area contributed by atoms with Gasteiger partial charge in [0.1, 0.15) is 0 Å². The maximum Gasteiger partial charge on any atom is 0.416 e. The van der Waals surface area contributed by atoms with E-state index < -0.39 is 11.7 Å². The predicted molar refractivity (Wildman–Crippen MR) is 85.7 cm³/mol. The average Bonchev–Trinajstić information content (AvgIpc) is 2.51. The molecule has 0 fully saturated rings. The van der Waals surface area contributed by atoms with Gasteiger partial charge in [0.15, 0.2) is 0 Å². The van der Waals surface area contributed by atoms with E-state index in [0.717, 1.165) is 17.7 Å². The first-order chi connectivity index (χ1) is 10.9. The highest BCUT2D eigenvalue weighted by atomic mass is 19.4. The maximum absolute atomic E-state index is 12.7. The van der Waals surface area contributed by atoms with Gasteiger partial charge >= 0.3 is 6.18 Å². The third kappa shape index (κ3) is 5.08. The van der Waals surface area contributed by atoms with Gasteiger partial charge in [0, 0.05) is 25.0 Å². The van der Waals surface area contributed by atoms with E-state index in [4.69, 9.17) is 5.73 Å². The third-order valence-electron chi connectivity index (χ3n) is 3.69. The van der Waals surface area contributed by atoms with Crippen LogP contribution in [0.5, 0.6) is 0 Å². The molecule has 0 aliphatic carbocycles. The van der Waals surface area contributed by atoms with Crippen LogP contribution in [0.25, 0.3) is 0 Å². The number of hydrogen-bond acceptors (Lipinski definition) is 2. The number of nitrogens with one attached hydrogen (secondary N) is 1. The summed E-state index contributed by atoms with van der Waals surface area (Å²) < 4.78 is 38.1. The van der Waals surface area contributed by atoms with Crippen molar-refractivity contribution >= 4 is 0 Å². The Hall–Kier alpha value is -1.85. The molecule has 5 heteroatoms. The molecule has 0 heterocycles. The van der Waals surface area contributed by atoms with E-state index in [1.165, 1.54) is 6.07 Å². The zero-order valence-electron chi connectivity index (χ0n) is 12.7. The van der Waals surface area contributed by atoms with Gasteiger partial charge in [-0.2, -0.15) is 13.2 Å². The van der Waals surface area contributed by atoms with Crippen molar-refractivity contribution in [3.8, 4) is 0 Å². The van der Waals surface area contributed by atoms with E-state index in [1.54, 1.807) is 6.07 Å². The molecular formula is C18H20F3N2. The van der Waals surface area contributed by atoms with E-state index in [2.05, 4.69) is 12.2 Å². The quantitative estimate of drug-likeness (QED) is 0.850. The lowest BCUT2D eigenvalue weighted by molar-refractivity contribution is -0.137. The minimum Gasteiger partial charge on any atom is -0.327 e. The van der Waals surface area contributed by atoms with Gasteiger partial charge in [-0.25, -0.2) is 0 Å². The minimum atomic E-state index is -4.32. The fourth-order valence-corrected chi connectivity index (χ4v) is 2.45. The van der Waals surface area contributed by atoms with E-state index in [9.17, 15) is 13.2 Å². The standard InChI is InChI=1S/C18H20F3N2/c1-13(22)17(15-7-3-2-4-8-15)12-23-11-14-6-5-9-16(10-14)18(19,20)21/h2-10,13,17,23H,1,11-12,22H2/t13-,17-/m0/s1. The average molecular weight is 321 g/mol. The van der Waals surface area contributed by atoms with E-state index in [0.29, 0.717) is 18.7 Å². The van der Waals surface area contributed by atoms with Crippen LogP contribution in [0.1, 0.15) is 22.6 Å². The van der Waals surface area contributed by atoms with Crippen molar-refractivity contribution < 1.29 is 13.2 Å². The number of alkyl halides is 3. The summed E-state index contributed by atoms with van der Waals surface area (Å²) in [6.45, 7) is 4.77. The lowest BCUT2D eigenvalue weighted by Crippen LogP contribution is -2.33. The Balaban J connectivity index is 1.98. The number of nitrogens with two attached hydrogens (primary N) is 1. The fourth-order valence-electron chi connectivity index (χ4n) is 2.45. The molecule has 1 radical (unpaired) electrons. The normalized spacial score (nSPS) is 14.5. The van der Waals surface area contributed by atoms with Crippen LogP contribution >= 0.6 is 0 Å². The Morgan fingerprint density at radius 2 is 1.74 bits per heavy atom. The van der Waals surface area contributed by atoms with Crippen LogP contribution in [-0.2, 0) is 12.7 Å². The molecule has 2 nitrogen and oxygen atoms in total. The Morgan fingerprint density at radius 3 is 2.35 bits per heavy atom. The number of rotatable bonds is 6. The summed E-state index contributed by atoms with van der Waals surface area (Å²) in [4.78, 5) is 0. The zero-order valence-corrected chi connectivity index (χ0v) is 12.7. The molecule has 0 saturated heterocycles. The molecule has 0 saturated carbocycles. The molecule has 2 rings (SSSR count). The van der Waals surface area contributed by atoms with Crippen LogP contribution in [0.3, 0.4) is 0 Å². The SMILES string of the molecule is [CH2][C@H](N)[C@H](CNCc1cccc(C(F)(F)F)c1)c1ccccc1. The van der Waals surface area contributed by atoms with Crippen LogP contribution in [0.2, 0.25) is 0 Å². The van der Waals surface area contributed by atoms with Gasteiger partial charge in [0.2, 0.25) is 0 Å². The molecule has 0 aliphatic rings. The summed E-state index contributed by atoms with van der Waals surface area (Å²) in [7, 11) is 0. The molecule has 0 unspecified atom stereocenters. The van der Waals surface area contributed by atoms with Gasteiger partial charge in [0.25, 0.3) is 0 Å². The highest BCUT2D eigenvalue weighted by Crippen LogP contribution is 2.29. The summed E-state index contributed by atoms with van der Waals surface area (Å²) in [5.41, 5.74) is 6.94. The van der Waals surface area contributed by atoms with Gasteiger partial charge in [0.05, 0.1) is 5.56 Å². The van der Waals surface area contributed by atoms with Crippen molar-refractivity contribution in [2.45, 2.75) is 24.7 Å². The Morgan fingerprint density at radius 1 is 1.04 bits per heavy atom. The molecule has 0 aromatic heterocycles. The van der Waals surface area contributed by atoms with Crippen LogP contribution in [0.15, 0.2) is 54.6 Å². The molecule has 3 N–H and O–H groups in total. The first-order valence-electron chi connectivity index (χ1n) is 7.38. The highest BCUT2D eigenvalue weighted by Gasteiger charge is 2.30. The molecule has 0 bridgehead atoms. The molecule has 0 amide bonds. The van der Waals surface area contributed by atoms with Crippen molar-refractivity contribution in [1.29, 1.82) is 0 Å². The van der Waals surface area contributed by atoms with Crippen LogP contribution in [0, 0.1) is 6.92 Å². The zero-order chi connectivity index (χ0) is 16.9. The number of hydrogen-bond donors (Lipinski definition) is 2. The van der Waals surface area contributed by atoms with Crippen molar-refractivity contribution in [2.24, 2.45) is 5.73 Å². The first-order valence-corrected chi connectivity index (χ1v) is 7.38. The fraction of sp³-hybridized carbons (Fsp3) is 0.278. The maximum atomic E-state index is 12.7. The first kappa shape index (κ1) is 17.5. The molecule has 0 spiro atoms. The Bertz CT molecular complexity index is 609. The van der Waals surface area contributed by atoms with Crippen molar-refractivity contribution in [2.75, 3.05) is 6.54 Å². The molecule has 2 aromatic rings. The molecule has 2 aromatic carbocycles. The van der Waals surface area contributed by atoms with Crippen molar-refractivity contribution in [1.82, 2.24) is 5.32 Å². The lowest BCUT2D eigenvalue weighted by Gasteiger charge is -2.22. The monoisotopic (exact) mass is 321 g/mol. The lowest BCUT2D eigenvalue weighted by atomic mass is 9.93. The van der Waals surface area contributed by atoms with Gasteiger partial charge in [-0.1, -0.05) is 48.5 Å². The molecular weight excluding hydrogens is 301 g/mol. The van der Waals surface area contributed by atoms with Crippen molar-refractivity contribution in [3.05, 3.63) is 78.2 Å². The Kier molecular flexibility index (Phi) is 5.80. The van der Waals surface area contributed by atoms with Gasteiger partial charge in [-0.15, -0.1) is 0 Å². The van der Waals surface area contributed by atoms with Crippen LogP contribution in [-0.4, -0.2) is 12.6 Å². The number of halogens is 3. The molecule has 2 atom stereocenters. The van der Waals surface area contributed by atoms with E-state index in [-0.39, 0.29) is 12.0 Å². The van der Waals surface area contributed by atoms with Gasteiger partial charge < -0.3 is 11.1 Å². The second-order valence-corrected chi connectivity index (χ2v) is 5.51. The smallest absolute Gasteiger partial charge is 0.327 e. The molecule has 0 aliphatic heterocycles. The third-order valence-corrected chi connectivity index (χ3v) is 3.69. The second-order valence-electron chi connectivity index (χ2n) is 5.51. The largest absolute Gasteiger partial charge is 0.416 e. The van der Waals surface area contributed by atoms with Gasteiger partial charge in [-0.3, -0.25) is 0 Å².